The molecule has 1 aromatic rings. The van der Waals surface area contributed by atoms with Gasteiger partial charge in [-0.25, -0.2) is 4.98 Å². The van der Waals surface area contributed by atoms with Crippen molar-refractivity contribution >= 4 is 11.5 Å². The summed E-state index contributed by atoms with van der Waals surface area (Å²) in [7, 11) is 1.35. The molecule has 8 nitrogen and oxygen atoms in total. The molecule has 0 saturated carbocycles. The highest BCUT2D eigenvalue weighted by molar-refractivity contribution is 5.62. The Balaban J connectivity index is 2.35. The van der Waals surface area contributed by atoms with Gasteiger partial charge in [-0.05, 0) is 19.9 Å². The molecular formula is C10H15N5O3. The van der Waals surface area contributed by atoms with E-state index in [1.54, 1.807) is 0 Å². The third-order valence-corrected chi connectivity index (χ3v) is 2.95. The first-order valence-electron chi connectivity index (χ1n) is 5.58. The van der Waals surface area contributed by atoms with Crippen LogP contribution in [0.2, 0.25) is 0 Å². The summed E-state index contributed by atoms with van der Waals surface area (Å²) in [6.07, 6.45) is 2.12. The lowest BCUT2D eigenvalue weighted by molar-refractivity contribution is -0.385. The lowest BCUT2D eigenvalue weighted by atomic mass is 10.0. The Bertz CT molecular complexity index is 459. The zero-order valence-electron chi connectivity index (χ0n) is 10.3. The van der Waals surface area contributed by atoms with E-state index in [1.807, 2.05) is 6.92 Å². The van der Waals surface area contributed by atoms with Crippen molar-refractivity contribution in [2.24, 2.45) is 0 Å². The number of nitrogens with one attached hydrogen (secondary N) is 2. The number of rotatable bonds is 4. The highest BCUT2D eigenvalue weighted by Crippen LogP contribution is 2.33. The lowest BCUT2D eigenvalue weighted by Crippen LogP contribution is -2.37. The highest BCUT2D eigenvalue weighted by atomic mass is 16.6. The van der Waals surface area contributed by atoms with Gasteiger partial charge in [0.05, 0.1) is 12.0 Å². The number of aromatic nitrogens is 2. The summed E-state index contributed by atoms with van der Waals surface area (Å²) in [4.78, 5) is 18.2. The van der Waals surface area contributed by atoms with E-state index in [0.717, 1.165) is 19.5 Å². The molecule has 18 heavy (non-hydrogen) atoms. The van der Waals surface area contributed by atoms with E-state index in [0.29, 0.717) is 0 Å². The van der Waals surface area contributed by atoms with Gasteiger partial charge in [0.15, 0.2) is 0 Å². The third-order valence-electron chi connectivity index (χ3n) is 2.95. The van der Waals surface area contributed by atoms with Crippen LogP contribution >= 0.6 is 0 Å². The van der Waals surface area contributed by atoms with Crippen molar-refractivity contribution in [3.63, 3.8) is 0 Å². The van der Waals surface area contributed by atoms with Crippen LogP contribution in [0.3, 0.4) is 0 Å². The lowest BCUT2D eigenvalue weighted by Gasteiger charge is -2.24. The summed E-state index contributed by atoms with van der Waals surface area (Å²) in [5, 5.41) is 17.4. The number of hydrogen-bond donors (Lipinski definition) is 2. The fourth-order valence-corrected chi connectivity index (χ4v) is 1.98. The number of ether oxygens (including phenoxy) is 1. The van der Waals surface area contributed by atoms with Gasteiger partial charge in [0.2, 0.25) is 5.82 Å². The molecule has 2 heterocycles. The van der Waals surface area contributed by atoms with Gasteiger partial charge >= 0.3 is 5.69 Å². The molecule has 1 fully saturated rings. The minimum Gasteiger partial charge on any atom is -0.476 e. The summed E-state index contributed by atoms with van der Waals surface area (Å²) in [5.74, 6) is 0.158. The topological polar surface area (TPSA) is 102 Å². The molecule has 0 radical (unpaired) electrons. The Labute approximate surface area is 104 Å². The van der Waals surface area contributed by atoms with Crippen LogP contribution in [-0.2, 0) is 0 Å². The fourth-order valence-electron chi connectivity index (χ4n) is 1.98. The number of nitrogens with zero attached hydrogens (tertiary/aromatic N) is 3. The Morgan fingerprint density at radius 1 is 1.61 bits per heavy atom. The summed E-state index contributed by atoms with van der Waals surface area (Å²) in [6, 6.07) is 0. The summed E-state index contributed by atoms with van der Waals surface area (Å²) < 4.78 is 4.90. The first kappa shape index (κ1) is 12.5. The van der Waals surface area contributed by atoms with E-state index in [-0.39, 0.29) is 22.9 Å². The summed E-state index contributed by atoms with van der Waals surface area (Å²) >= 11 is 0. The molecule has 1 aromatic heterocycles. The van der Waals surface area contributed by atoms with Gasteiger partial charge in [0, 0.05) is 12.1 Å². The van der Waals surface area contributed by atoms with Crippen molar-refractivity contribution in [3.05, 3.63) is 16.4 Å². The zero-order chi connectivity index (χ0) is 13.2. The molecule has 0 bridgehead atoms. The van der Waals surface area contributed by atoms with E-state index < -0.39 is 4.92 Å². The van der Waals surface area contributed by atoms with E-state index in [2.05, 4.69) is 20.6 Å². The first-order chi connectivity index (χ1) is 8.56. The standard InChI is InChI=1S/C10H15N5O3/c1-10(3-4-11-5-10)14-8-7(15(16)17)9(18-2)13-6-12-8/h6,11H,3-5H2,1-2H3,(H,12,13,14). The van der Waals surface area contributed by atoms with Gasteiger partial charge in [0.25, 0.3) is 5.88 Å². The predicted octanol–water partition coefficient (Wildman–Crippen LogP) is 0.557. The van der Waals surface area contributed by atoms with Crippen molar-refractivity contribution in [1.82, 2.24) is 15.3 Å². The molecule has 1 unspecified atom stereocenters. The van der Waals surface area contributed by atoms with Gasteiger partial charge in [-0.3, -0.25) is 10.1 Å². The highest BCUT2D eigenvalue weighted by Gasteiger charge is 2.33. The number of nitro groups is 1. The van der Waals surface area contributed by atoms with Crippen LogP contribution in [0, 0.1) is 10.1 Å². The van der Waals surface area contributed by atoms with Crippen LogP contribution in [-0.4, -0.2) is 40.6 Å². The molecule has 8 heteroatoms. The Hall–Kier alpha value is -1.96. The second-order valence-corrected chi connectivity index (χ2v) is 4.45. The van der Waals surface area contributed by atoms with E-state index in [9.17, 15) is 10.1 Å². The first-order valence-corrected chi connectivity index (χ1v) is 5.58. The number of methoxy groups -OCH3 is 1. The molecule has 0 aliphatic carbocycles. The second kappa shape index (κ2) is 4.73. The third kappa shape index (κ3) is 2.33. The zero-order valence-corrected chi connectivity index (χ0v) is 10.3. The molecule has 1 atom stereocenters. The maximum atomic E-state index is 11.1. The normalized spacial score (nSPS) is 22.8. The molecule has 0 amide bonds. The average Bonchev–Trinajstić information content (AvgIpc) is 2.75. The van der Waals surface area contributed by atoms with Crippen LogP contribution in [0.4, 0.5) is 11.5 Å². The molecule has 0 aromatic carbocycles. The quantitative estimate of drug-likeness (QED) is 0.597. The second-order valence-electron chi connectivity index (χ2n) is 4.45. The Morgan fingerprint density at radius 2 is 2.39 bits per heavy atom. The molecule has 1 saturated heterocycles. The van der Waals surface area contributed by atoms with Gasteiger partial charge in [-0.1, -0.05) is 0 Å². The van der Waals surface area contributed by atoms with Gasteiger partial charge in [-0.15, -0.1) is 0 Å². The van der Waals surface area contributed by atoms with Crippen molar-refractivity contribution in [1.29, 1.82) is 0 Å². The van der Waals surface area contributed by atoms with Crippen LogP contribution in [0.25, 0.3) is 0 Å². The molecule has 2 rings (SSSR count). The minimum atomic E-state index is -0.535. The van der Waals surface area contributed by atoms with Gasteiger partial charge < -0.3 is 15.4 Å². The Kier molecular flexibility index (Phi) is 3.28. The monoisotopic (exact) mass is 253 g/mol. The van der Waals surface area contributed by atoms with E-state index in [4.69, 9.17) is 4.74 Å². The summed E-state index contributed by atoms with van der Waals surface area (Å²) in [6.45, 7) is 3.60. The van der Waals surface area contributed by atoms with E-state index in [1.165, 1.54) is 13.4 Å². The minimum absolute atomic E-state index is 0.0351. The largest absolute Gasteiger partial charge is 0.476 e. The number of hydrogen-bond acceptors (Lipinski definition) is 7. The maximum absolute atomic E-state index is 11.1. The van der Waals surface area contributed by atoms with Crippen molar-refractivity contribution in [2.45, 2.75) is 18.9 Å². The average molecular weight is 253 g/mol. The fraction of sp³-hybridized carbons (Fsp3) is 0.600. The Morgan fingerprint density at radius 3 is 2.94 bits per heavy atom. The van der Waals surface area contributed by atoms with Gasteiger partial charge in [0.1, 0.15) is 6.33 Å². The smallest absolute Gasteiger partial charge is 0.372 e. The molecule has 98 valence electrons. The van der Waals surface area contributed by atoms with E-state index >= 15 is 0 Å². The predicted molar refractivity (Wildman–Crippen MR) is 64.8 cm³/mol. The molecule has 1 aliphatic rings. The van der Waals surface area contributed by atoms with Crippen LogP contribution in [0.15, 0.2) is 6.33 Å². The number of anilines is 1. The van der Waals surface area contributed by atoms with Crippen molar-refractivity contribution in [3.8, 4) is 5.88 Å². The van der Waals surface area contributed by atoms with Crippen molar-refractivity contribution in [2.75, 3.05) is 25.5 Å². The van der Waals surface area contributed by atoms with Crippen molar-refractivity contribution < 1.29 is 9.66 Å². The van der Waals surface area contributed by atoms with Gasteiger partial charge in [-0.2, -0.15) is 4.98 Å². The van der Waals surface area contributed by atoms with Crippen LogP contribution in [0.1, 0.15) is 13.3 Å². The summed E-state index contributed by atoms with van der Waals surface area (Å²) in [5.41, 5.74) is -0.474. The molecular weight excluding hydrogens is 238 g/mol. The molecule has 0 spiro atoms. The molecule has 2 N–H and O–H groups in total. The van der Waals surface area contributed by atoms with Crippen LogP contribution in [0.5, 0.6) is 5.88 Å². The maximum Gasteiger partial charge on any atom is 0.372 e. The van der Waals surface area contributed by atoms with Crippen LogP contribution < -0.4 is 15.4 Å². The SMILES string of the molecule is COc1ncnc(NC2(C)CCNC2)c1[N+](=O)[O-]. The molecule has 1 aliphatic heterocycles.